The van der Waals surface area contributed by atoms with E-state index in [9.17, 15) is 4.79 Å². The van der Waals surface area contributed by atoms with Crippen LogP contribution in [0.1, 0.15) is 27.3 Å². The number of methoxy groups -OCH3 is 1. The zero-order valence-electron chi connectivity index (χ0n) is 14.4. The molecule has 0 unspecified atom stereocenters. The monoisotopic (exact) mass is 364 g/mol. The van der Waals surface area contributed by atoms with Crippen LogP contribution in [0.4, 0.5) is 0 Å². The molecule has 4 rings (SSSR count). The van der Waals surface area contributed by atoms with Crippen LogP contribution >= 0.6 is 11.3 Å². The molecule has 0 saturated heterocycles. The van der Waals surface area contributed by atoms with Gasteiger partial charge in [0, 0.05) is 34.7 Å². The predicted molar refractivity (Wildman–Crippen MR) is 100 cm³/mol. The Bertz CT molecular complexity index is 1080. The molecule has 1 aromatic carbocycles. The Balaban J connectivity index is 1.66. The number of thiazole rings is 1. The Morgan fingerprint density at radius 2 is 2.00 bits per heavy atom. The molecule has 0 spiro atoms. The number of nitrogens with zero attached hydrogens (tertiary/aromatic N) is 2. The zero-order chi connectivity index (χ0) is 18.1. The first kappa shape index (κ1) is 16.5. The third-order valence-corrected chi connectivity index (χ3v) is 5.11. The van der Waals surface area contributed by atoms with Gasteiger partial charge in [-0.25, -0.2) is 14.8 Å². The van der Waals surface area contributed by atoms with Gasteiger partial charge in [0.25, 0.3) is 0 Å². The van der Waals surface area contributed by atoms with Crippen LogP contribution in [0.15, 0.2) is 52.5 Å². The zero-order valence-corrected chi connectivity index (χ0v) is 15.2. The Labute approximate surface area is 154 Å². The van der Waals surface area contributed by atoms with Gasteiger partial charge in [0.15, 0.2) is 5.58 Å². The molecule has 3 heterocycles. The van der Waals surface area contributed by atoms with Crippen molar-refractivity contribution in [2.75, 3.05) is 7.11 Å². The quantitative estimate of drug-likeness (QED) is 0.494. The lowest BCUT2D eigenvalue weighted by atomic mass is 10.0. The van der Waals surface area contributed by atoms with E-state index >= 15 is 0 Å². The molecule has 0 atom stereocenters. The van der Waals surface area contributed by atoms with Crippen LogP contribution in [-0.4, -0.2) is 23.0 Å². The summed E-state index contributed by atoms with van der Waals surface area (Å²) in [5.74, 6) is -0.455. The van der Waals surface area contributed by atoms with Crippen molar-refractivity contribution >= 4 is 28.4 Å². The fraction of sp³-hybridized carbons (Fsp3) is 0.150. The van der Waals surface area contributed by atoms with Gasteiger partial charge in [-0.15, -0.1) is 11.3 Å². The second kappa shape index (κ2) is 6.72. The van der Waals surface area contributed by atoms with Gasteiger partial charge in [0.05, 0.1) is 13.4 Å². The molecule has 0 fully saturated rings. The number of carbonyl (C=O) groups is 1. The maximum absolute atomic E-state index is 11.9. The number of aryl methyl sites for hydroxylation is 1. The molecule has 0 bridgehead atoms. The number of rotatable bonds is 4. The van der Waals surface area contributed by atoms with Crippen LogP contribution in [0.5, 0.6) is 0 Å². The number of hydrogen-bond acceptors (Lipinski definition) is 6. The summed E-state index contributed by atoms with van der Waals surface area (Å²) in [4.78, 5) is 20.7. The van der Waals surface area contributed by atoms with E-state index in [1.165, 1.54) is 7.11 Å². The second-order valence-electron chi connectivity index (χ2n) is 5.96. The smallest absolute Gasteiger partial charge is 0.356 e. The molecule has 130 valence electrons. The third kappa shape index (κ3) is 3.11. The Hall–Kier alpha value is -2.99. The lowest BCUT2D eigenvalue weighted by Crippen LogP contribution is -2.05. The largest absolute Gasteiger partial charge is 0.464 e. The van der Waals surface area contributed by atoms with Crippen LogP contribution in [0.2, 0.25) is 0 Å². The number of carbonyl (C=O) groups excluding carboxylic acids is 1. The summed E-state index contributed by atoms with van der Waals surface area (Å²) in [5.41, 5.74) is 5.77. The highest BCUT2D eigenvalue weighted by atomic mass is 32.1. The highest BCUT2D eigenvalue weighted by Crippen LogP contribution is 2.26. The molecule has 0 saturated carbocycles. The number of ether oxygens (including phenoxy) is 1. The molecule has 6 heteroatoms. The fourth-order valence-corrected chi connectivity index (χ4v) is 3.64. The molecule has 3 aromatic heterocycles. The predicted octanol–water partition coefficient (Wildman–Crippen LogP) is 4.64. The summed E-state index contributed by atoms with van der Waals surface area (Å²) in [6.07, 6.45) is 2.21. The maximum atomic E-state index is 11.9. The summed E-state index contributed by atoms with van der Waals surface area (Å²) in [6.45, 7) is 1.99. The minimum Gasteiger partial charge on any atom is -0.464 e. The van der Waals surface area contributed by atoms with E-state index in [4.69, 9.17) is 9.15 Å². The molecular formula is C20H16N2O3S. The van der Waals surface area contributed by atoms with Crippen molar-refractivity contribution in [3.05, 3.63) is 70.6 Å². The van der Waals surface area contributed by atoms with Crippen LogP contribution < -0.4 is 0 Å². The Kier molecular flexibility index (Phi) is 4.26. The van der Waals surface area contributed by atoms with Crippen molar-refractivity contribution in [2.45, 2.75) is 13.3 Å². The minimum atomic E-state index is -0.455. The highest BCUT2D eigenvalue weighted by molar-refractivity contribution is 7.13. The Morgan fingerprint density at radius 3 is 2.69 bits per heavy atom. The van der Waals surface area contributed by atoms with Gasteiger partial charge in [0.1, 0.15) is 16.2 Å². The van der Waals surface area contributed by atoms with Crippen LogP contribution in [0.25, 0.3) is 21.7 Å². The molecule has 0 amide bonds. The first-order chi connectivity index (χ1) is 12.6. The van der Waals surface area contributed by atoms with E-state index in [-0.39, 0.29) is 5.69 Å². The number of pyridine rings is 1. The second-order valence-corrected chi connectivity index (χ2v) is 6.82. The van der Waals surface area contributed by atoms with Crippen LogP contribution in [0, 0.1) is 6.92 Å². The minimum absolute atomic E-state index is 0.284. The fourth-order valence-electron chi connectivity index (χ4n) is 2.84. The van der Waals surface area contributed by atoms with Gasteiger partial charge in [-0.3, -0.25) is 0 Å². The van der Waals surface area contributed by atoms with Gasteiger partial charge in [0.2, 0.25) is 0 Å². The SMILES string of the molecule is COC(=O)c1cc(Cc2ccc(-c3nc(C)cs3)cc2)c2occc2n1. The van der Waals surface area contributed by atoms with E-state index in [0.29, 0.717) is 17.5 Å². The van der Waals surface area contributed by atoms with Crippen molar-refractivity contribution < 1.29 is 13.9 Å². The van der Waals surface area contributed by atoms with Crippen molar-refractivity contribution in [2.24, 2.45) is 0 Å². The topological polar surface area (TPSA) is 65.2 Å². The molecule has 4 aromatic rings. The van der Waals surface area contributed by atoms with Crippen LogP contribution in [-0.2, 0) is 11.2 Å². The van der Waals surface area contributed by atoms with Gasteiger partial charge >= 0.3 is 5.97 Å². The molecule has 0 aliphatic heterocycles. The summed E-state index contributed by atoms with van der Waals surface area (Å²) in [5, 5.41) is 3.06. The normalized spacial score (nSPS) is 11.0. The average molecular weight is 364 g/mol. The average Bonchev–Trinajstić information content (AvgIpc) is 3.30. The number of benzene rings is 1. The summed E-state index contributed by atoms with van der Waals surface area (Å²) < 4.78 is 10.4. The molecule has 26 heavy (non-hydrogen) atoms. The molecule has 5 nitrogen and oxygen atoms in total. The molecule has 0 N–H and O–H groups in total. The number of fused-ring (bicyclic) bond motifs is 1. The van der Waals surface area contributed by atoms with Gasteiger partial charge in [-0.05, 0) is 18.6 Å². The number of esters is 1. The van der Waals surface area contributed by atoms with Crippen molar-refractivity contribution in [3.63, 3.8) is 0 Å². The van der Waals surface area contributed by atoms with Gasteiger partial charge in [-0.2, -0.15) is 0 Å². The van der Waals surface area contributed by atoms with Crippen molar-refractivity contribution in [1.82, 2.24) is 9.97 Å². The summed E-state index contributed by atoms with van der Waals surface area (Å²) in [6, 6.07) is 11.7. The molecular weight excluding hydrogens is 348 g/mol. The highest BCUT2D eigenvalue weighted by Gasteiger charge is 2.15. The van der Waals surface area contributed by atoms with Crippen LogP contribution in [0.3, 0.4) is 0 Å². The summed E-state index contributed by atoms with van der Waals surface area (Å²) >= 11 is 1.64. The van der Waals surface area contributed by atoms with E-state index in [1.807, 2.05) is 12.3 Å². The molecule has 0 aliphatic rings. The first-order valence-electron chi connectivity index (χ1n) is 8.11. The molecule has 0 aliphatic carbocycles. The third-order valence-electron chi connectivity index (χ3n) is 4.10. The number of hydrogen-bond donors (Lipinski definition) is 0. The van der Waals surface area contributed by atoms with Gasteiger partial charge in [-0.1, -0.05) is 24.3 Å². The van der Waals surface area contributed by atoms with E-state index < -0.39 is 5.97 Å². The lowest BCUT2D eigenvalue weighted by Gasteiger charge is -2.06. The summed E-state index contributed by atoms with van der Waals surface area (Å²) in [7, 11) is 1.35. The number of aromatic nitrogens is 2. The maximum Gasteiger partial charge on any atom is 0.356 e. The van der Waals surface area contributed by atoms with E-state index in [2.05, 4.69) is 34.2 Å². The first-order valence-corrected chi connectivity index (χ1v) is 8.99. The standard InChI is InChI=1S/C20H16N2O3S/c1-12-11-26-19(21-12)14-5-3-13(4-6-14)9-15-10-17(20(23)24-2)22-16-7-8-25-18(15)16/h3-8,10-11H,9H2,1-2H3. The molecule has 0 radical (unpaired) electrons. The lowest BCUT2D eigenvalue weighted by molar-refractivity contribution is 0.0594. The van der Waals surface area contributed by atoms with Gasteiger partial charge < -0.3 is 9.15 Å². The van der Waals surface area contributed by atoms with E-state index in [1.54, 1.807) is 29.7 Å². The van der Waals surface area contributed by atoms with Crippen molar-refractivity contribution in [3.8, 4) is 10.6 Å². The van der Waals surface area contributed by atoms with E-state index in [0.717, 1.165) is 27.4 Å². The Morgan fingerprint density at radius 1 is 1.19 bits per heavy atom. The van der Waals surface area contributed by atoms with Crippen molar-refractivity contribution in [1.29, 1.82) is 0 Å². The number of furan rings is 1.